The fourth-order valence-electron chi connectivity index (χ4n) is 1.94. The van der Waals surface area contributed by atoms with Gasteiger partial charge in [0.1, 0.15) is 11.6 Å². The third-order valence-corrected chi connectivity index (χ3v) is 3.34. The molecule has 0 saturated heterocycles. The molecule has 1 unspecified atom stereocenters. The van der Waals surface area contributed by atoms with Crippen LogP contribution >= 0.6 is 15.9 Å². The predicted octanol–water partition coefficient (Wildman–Crippen LogP) is 2.55. The fraction of sp³-hybridized carbons (Fsp3) is 0.333. The zero-order chi connectivity index (χ0) is 14.0. The summed E-state index contributed by atoms with van der Waals surface area (Å²) in [6.45, 7) is 2.49. The zero-order valence-electron chi connectivity index (χ0n) is 10.5. The van der Waals surface area contributed by atoms with E-state index in [-0.39, 0.29) is 5.56 Å². The van der Waals surface area contributed by atoms with Crippen molar-refractivity contribution in [3.63, 3.8) is 0 Å². The van der Waals surface area contributed by atoms with Gasteiger partial charge < -0.3 is 5.32 Å². The highest BCUT2D eigenvalue weighted by molar-refractivity contribution is 9.10. The summed E-state index contributed by atoms with van der Waals surface area (Å²) in [6, 6.07) is 2.88. The van der Waals surface area contributed by atoms with Gasteiger partial charge >= 0.3 is 0 Å². The minimum Gasteiger partial charge on any atom is -0.305 e. The number of hydrogen-bond acceptors (Lipinski definition) is 3. The Morgan fingerprint density at radius 2 is 2.16 bits per heavy atom. The Balaban J connectivity index is 2.54. The number of aromatic nitrogens is 3. The number of nitrogens with one attached hydrogen (secondary N) is 1. The van der Waals surface area contributed by atoms with E-state index in [2.05, 4.69) is 31.6 Å². The van der Waals surface area contributed by atoms with E-state index in [1.54, 1.807) is 7.05 Å². The van der Waals surface area contributed by atoms with E-state index in [4.69, 9.17) is 0 Å². The van der Waals surface area contributed by atoms with Gasteiger partial charge in [-0.3, -0.25) is 0 Å². The third kappa shape index (κ3) is 2.82. The molecule has 0 aliphatic heterocycles. The SMILES string of the molecule is CCNC(c1cc(F)ccc1F)c1c(Br)nnn1C. The van der Waals surface area contributed by atoms with E-state index in [1.165, 1.54) is 10.7 Å². The Morgan fingerprint density at radius 1 is 1.42 bits per heavy atom. The lowest BCUT2D eigenvalue weighted by Gasteiger charge is -2.19. The van der Waals surface area contributed by atoms with Gasteiger partial charge in [0.2, 0.25) is 0 Å². The van der Waals surface area contributed by atoms with E-state index in [0.29, 0.717) is 16.8 Å². The summed E-state index contributed by atoms with van der Waals surface area (Å²) < 4.78 is 29.3. The molecule has 0 aliphatic carbocycles. The number of rotatable bonds is 4. The average Bonchev–Trinajstić information content (AvgIpc) is 2.70. The number of benzene rings is 1. The second-order valence-corrected chi connectivity index (χ2v) is 4.80. The highest BCUT2D eigenvalue weighted by atomic mass is 79.9. The van der Waals surface area contributed by atoms with Gasteiger partial charge in [0, 0.05) is 12.6 Å². The quantitative estimate of drug-likeness (QED) is 0.936. The molecule has 0 spiro atoms. The van der Waals surface area contributed by atoms with E-state index in [9.17, 15) is 8.78 Å². The molecule has 1 aromatic carbocycles. The second-order valence-electron chi connectivity index (χ2n) is 4.05. The van der Waals surface area contributed by atoms with E-state index in [1.807, 2.05) is 6.92 Å². The normalized spacial score (nSPS) is 12.7. The van der Waals surface area contributed by atoms with Crippen molar-refractivity contribution < 1.29 is 8.78 Å². The summed E-state index contributed by atoms with van der Waals surface area (Å²) >= 11 is 3.28. The predicted molar refractivity (Wildman–Crippen MR) is 70.6 cm³/mol. The van der Waals surface area contributed by atoms with Gasteiger partial charge in [-0.15, -0.1) is 5.10 Å². The molecule has 0 saturated carbocycles. The first kappa shape index (κ1) is 14.1. The van der Waals surface area contributed by atoms with Crippen LogP contribution in [0.4, 0.5) is 8.78 Å². The first-order valence-corrected chi connectivity index (χ1v) is 6.57. The van der Waals surface area contributed by atoms with Crippen molar-refractivity contribution in [1.29, 1.82) is 0 Å². The third-order valence-electron chi connectivity index (χ3n) is 2.78. The fourth-order valence-corrected chi connectivity index (χ4v) is 2.50. The Morgan fingerprint density at radius 3 is 2.74 bits per heavy atom. The molecule has 1 N–H and O–H groups in total. The van der Waals surface area contributed by atoms with Gasteiger partial charge in [-0.2, -0.15) is 0 Å². The zero-order valence-corrected chi connectivity index (χ0v) is 12.1. The molecule has 2 aromatic rings. The number of hydrogen-bond donors (Lipinski definition) is 1. The van der Waals surface area contributed by atoms with Crippen LogP contribution in [0.25, 0.3) is 0 Å². The van der Waals surface area contributed by atoms with Crippen LogP contribution in [0.15, 0.2) is 22.8 Å². The summed E-state index contributed by atoms with van der Waals surface area (Å²) in [7, 11) is 1.70. The summed E-state index contributed by atoms with van der Waals surface area (Å²) in [6.07, 6.45) is 0. The molecular weight excluding hydrogens is 318 g/mol. The molecule has 2 rings (SSSR count). The molecular formula is C12H13BrF2N4. The van der Waals surface area contributed by atoms with Gasteiger partial charge in [-0.05, 0) is 40.7 Å². The van der Waals surface area contributed by atoms with Crippen molar-refractivity contribution in [1.82, 2.24) is 20.3 Å². The molecule has 0 radical (unpaired) electrons. The summed E-state index contributed by atoms with van der Waals surface area (Å²) in [4.78, 5) is 0. The minimum absolute atomic E-state index is 0.230. The van der Waals surface area contributed by atoms with Crippen LogP contribution in [0.2, 0.25) is 0 Å². The smallest absolute Gasteiger partial charge is 0.153 e. The molecule has 1 atom stereocenters. The van der Waals surface area contributed by atoms with Crippen molar-refractivity contribution in [2.24, 2.45) is 7.05 Å². The maximum absolute atomic E-state index is 13.9. The van der Waals surface area contributed by atoms with Crippen molar-refractivity contribution in [3.05, 3.63) is 45.7 Å². The molecule has 0 bridgehead atoms. The minimum atomic E-state index is -0.518. The summed E-state index contributed by atoms with van der Waals surface area (Å²) in [5, 5.41) is 10.8. The van der Waals surface area contributed by atoms with Crippen LogP contribution in [0.3, 0.4) is 0 Å². The summed E-state index contributed by atoms with van der Waals surface area (Å²) in [5.74, 6) is -0.953. The molecule has 4 nitrogen and oxygen atoms in total. The van der Waals surface area contributed by atoms with Crippen molar-refractivity contribution in [2.75, 3.05) is 6.54 Å². The average molecular weight is 331 g/mol. The van der Waals surface area contributed by atoms with Gasteiger partial charge in [-0.25, -0.2) is 13.5 Å². The molecule has 1 aromatic heterocycles. The Kier molecular flexibility index (Phi) is 4.26. The van der Waals surface area contributed by atoms with E-state index in [0.717, 1.165) is 12.1 Å². The lowest BCUT2D eigenvalue weighted by Crippen LogP contribution is -2.25. The van der Waals surface area contributed by atoms with Crippen molar-refractivity contribution >= 4 is 15.9 Å². The lowest BCUT2D eigenvalue weighted by molar-refractivity contribution is 0.520. The number of aryl methyl sites for hydroxylation is 1. The van der Waals surface area contributed by atoms with Crippen LogP contribution in [0, 0.1) is 11.6 Å². The van der Waals surface area contributed by atoms with E-state index >= 15 is 0 Å². The van der Waals surface area contributed by atoms with Gasteiger partial charge in [0.25, 0.3) is 0 Å². The topological polar surface area (TPSA) is 42.7 Å². The molecule has 102 valence electrons. The molecule has 7 heteroatoms. The summed E-state index contributed by atoms with van der Waals surface area (Å²) in [5.41, 5.74) is 0.874. The Bertz CT molecular complexity index is 566. The van der Waals surface area contributed by atoms with Crippen LogP contribution in [-0.4, -0.2) is 21.5 Å². The van der Waals surface area contributed by atoms with Crippen LogP contribution in [0.5, 0.6) is 0 Å². The largest absolute Gasteiger partial charge is 0.305 e. The van der Waals surface area contributed by atoms with Crippen LogP contribution < -0.4 is 5.32 Å². The molecule has 0 fully saturated rings. The molecule has 19 heavy (non-hydrogen) atoms. The van der Waals surface area contributed by atoms with Gasteiger partial charge in [0.15, 0.2) is 4.60 Å². The van der Waals surface area contributed by atoms with Crippen LogP contribution in [0.1, 0.15) is 24.2 Å². The lowest BCUT2D eigenvalue weighted by atomic mass is 10.0. The number of halogens is 3. The van der Waals surface area contributed by atoms with Crippen molar-refractivity contribution in [2.45, 2.75) is 13.0 Å². The number of nitrogens with zero attached hydrogens (tertiary/aromatic N) is 3. The maximum Gasteiger partial charge on any atom is 0.153 e. The maximum atomic E-state index is 13.9. The Hall–Kier alpha value is -1.34. The van der Waals surface area contributed by atoms with E-state index < -0.39 is 17.7 Å². The van der Waals surface area contributed by atoms with Gasteiger partial charge in [0.05, 0.1) is 11.7 Å². The first-order chi connectivity index (χ1) is 9.04. The monoisotopic (exact) mass is 330 g/mol. The molecule has 1 heterocycles. The highest BCUT2D eigenvalue weighted by Gasteiger charge is 2.24. The first-order valence-electron chi connectivity index (χ1n) is 5.78. The van der Waals surface area contributed by atoms with Gasteiger partial charge in [-0.1, -0.05) is 12.1 Å². The standard InChI is InChI=1S/C12H13BrF2N4/c1-3-16-10(11-12(13)17-18-19(11)2)8-6-7(14)4-5-9(8)15/h4-6,10,16H,3H2,1-2H3. The highest BCUT2D eigenvalue weighted by Crippen LogP contribution is 2.28. The molecule has 0 aliphatic rings. The van der Waals surface area contributed by atoms with Crippen molar-refractivity contribution in [3.8, 4) is 0 Å². The second kappa shape index (κ2) is 5.75. The Labute approximate surface area is 117 Å². The van der Waals surface area contributed by atoms with Crippen LogP contribution in [-0.2, 0) is 7.05 Å². The molecule has 0 amide bonds.